The van der Waals surface area contributed by atoms with Gasteiger partial charge in [0.15, 0.2) is 8.32 Å². The lowest BCUT2D eigenvalue weighted by Gasteiger charge is -2.46. The summed E-state index contributed by atoms with van der Waals surface area (Å²) < 4.78 is 71.3. The molecule has 648 valence electrons. The minimum Gasteiger partial charge on any atom is -0.414 e. The van der Waals surface area contributed by atoms with Crippen LogP contribution in [0.25, 0.3) is 0 Å². The van der Waals surface area contributed by atoms with Crippen molar-refractivity contribution in [2.75, 3.05) is 37.8 Å². The second-order valence-electron chi connectivity index (χ2n) is 45.0. The third kappa shape index (κ3) is 35.2. The quantitative estimate of drug-likeness (QED) is 0.0764. The van der Waals surface area contributed by atoms with E-state index in [1.807, 2.05) is 32.6 Å². The zero-order chi connectivity index (χ0) is 84.6. The monoisotopic (exact) mass is 1670 g/mol. The molecule has 8 rings (SSSR count). The van der Waals surface area contributed by atoms with Crippen LogP contribution in [0.3, 0.4) is 0 Å². The highest BCUT2D eigenvalue weighted by atomic mass is 28.4. The molecule has 8 aliphatic rings. The maximum Gasteiger partial charge on any atom is 0.439 e. The predicted molar refractivity (Wildman–Crippen MR) is 494 cm³/mol. The molecule has 0 radical (unpaired) electrons. The predicted octanol–water partition coefficient (Wildman–Crippen LogP) is 26.3. The molecule has 0 N–H and O–H groups in total. The molecule has 8 heterocycles. The van der Waals surface area contributed by atoms with Crippen molar-refractivity contribution in [3.05, 3.63) is 0 Å². The van der Waals surface area contributed by atoms with Gasteiger partial charge in [0, 0.05) is 91.1 Å². The maximum atomic E-state index is 13.3. The fraction of sp³-hybridized carbons (Fsp3) is 1.00. The van der Waals surface area contributed by atoms with Crippen LogP contribution in [0, 0.1) is 88.8 Å². The summed E-state index contributed by atoms with van der Waals surface area (Å²) in [5, 5.41) is 0. The Morgan fingerprint density at radius 1 is 0.296 bits per heavy atom. The van der Waals surface area contributed by atoms with Gasteiger partial charge in [-0.25, -0.2) is 0 Å². The average Bonchev–Trinajstić information content (AvgIpc) is 1.76. The number of hydrogen-bond acceptors (Lipinski definition) is 8. The summed E-state index contributed by atoms with van der Waals surface area (Å²) in [4.78, 5) is 13.0. The van der Waals surface area contributed by atoms with Crippen LogP contribution in [-0.2, 0) is 13.3 Å². The summed E-state index contributed by atoms with van der Waals surface area (Å²) in [5.41, 5.74) is 0. The molecule has 0 bridgehead atoms. The van der Waals surface area contributed by atoms with E-state index < -0.39 is 66.7 Å². The normalized spacial score (nSPS) is 30.2. The maximum absolute atomic E-state index is 13.3. The van der Waals surface area contributed by atoms with Crippen molar-refractivity contribution < 1.29 is 29.7 Å². The van der Waals surface area contributed by atoms with Crippen molar-refractivity contribution in [3.63, 3.8) is 0 Å². The van der Waals surface area contributed by atoms with Crippen LogP contribution < -0.4 is 0 Å². The molecule has 0 amide bonds. The Kier molecular flexibility index (Phi) is 45.2. The van der Waals surface area contributed by atoms with E-state index in [4.69, 9.17) is 13.3 Å². The second kappa shape index (κ2) is 45.5. The molecule has 8 saturated heterocycles. The second-order valence-corrected chi connectivity index (χ2v) is 77.9. The van der Waals surface area contributed by atoms with Gasteiger partial charge < -0.3 is 28.0 Å². The van der Waals surface area contributed by atoms with Gasteiger partial charge in [0.05, 0.1) is 50.7 Å². The van der Waals surface area contributed by atoms with Gasteiger partial charge in [-0.15, -0.1) is 0 Å². The zero-order valence-corrected chi connectivity index (χ0v) is 88.6. The highest BCUT2D eigenvalue weighted by Gasteiger charge is 2.53. The van der Waals surface area contributed by atoms with Crippen molar-refractivity contribution in [2.24, 2.45) is 88.8 Å². The van der Waals surface area contributed by atoms with Crippen LogP contribution in [0.1, 0.15) is 235 Å². The molecule has 108 heavy (non-hydrogen) atoms. The third-order valence-electron chi connectivity index (χ3n) is 26.9. The fourth-order valence-electron chi connectivity index (χ4n) is 19.9. The average molecular weight is 1670 g/mol. The minimum absolute atomic E-state index is 0.0769. The van der Waals surface area contributed by atoms with Crippen molar-refractivity contribution >= 4 is 66.7 Å². The lowest BCUT2D eigenvalue weighted by atomic mass is 9.80. The molecular weight excluding hydrogens is 1480 g/mol. The Hall–Kier alpha value is 1.14. The largest absolute Gasteiger partial charge is 0.439 e. The molecule has 8 fully saturated rings. The van der Waals surface area contributed by atoms with Crippen LogP contribution in [0.4, 0.5) is 16.4 Å². The summed E-state index contributed by atoms with van der Waals surface area (Å²) in [6.45, 7) is 104. The van der Waals surface area contributed by atoms with E-state index in [9.17, 15) is 16.4 Å². The van der Waals surface area contributed by atoms with Gasteiger partial charge in [-0.2, -0.15) is 0 Å². The summed E-state index contributed by atoms with van der Waals surface area (Å²) in [6, 6.07) is 19.3. The van der Waals surface area contributed by atoms with Crippen LogP contribution in [0.2, 0.25) is 132 Å². The van der Waals surface area contributed by atoms with Crippen LogP contribution in [0.15, 0.2) is 0 Å². The zero-order valence-electron chi connectivity index (χ0n) is 80.6. The molecule has 0 aliphatic carbocycles. The molecule has 0 aromatic carbocycles. The first-order chi connectivity index (χ1) is 48.8. The first kappa shape index (κ1) is 107. The van der Waals surface area contributed by atoms with Gasteiger partial charge in [0.25, 0.3) is 0 Å². The van der Waals surface area contributed by atoms with E-state index in [-0.39, 0.29) is 48.2 Å². The van der Waals surface area contributed by atoms with E-state index in [0.29, 0.717) is 53.6 Å². The third-order valence-corrected chi connectivity index (χ3v) is 48.8. The van der Waals surface area contributed by atoms with Gasteiger partial charge in [0.1, 0.15) is 0 Å². The lowest BCUT2D eigenvalue weighted by Crippen LogP contribution is -2.53. The molecule has 11 atom stereocenters. The fourth-order valence-corrected chi connectivity index (χ4v) is 45.1. The number of hydrogen-bond donors (Lipinski definition) is 0. The summed E-state index contributed by atoms with van der Waals surface area (Å²) >= 11 is 0. The molecule has 20 heteroatoms. The Balaban J connectivity index is 0.000000617. The summed E-state index contributed by atoms with van der Waals surface area (Å²) in [6.07, 6.45) is 5.28. The molecule has 0 aromatic rings. The van der Waals surface area contributed by atoms with Crippen LogP contribution in [-0.4, -0.2) is 202 Å². The minimum atomic E-state index is -3.87. The molecule has 8 aliphatic heterocycles. The molecular formula is C88H193F4N5O3Si8. The smallest absolute Gasteiger partial charge is 0.414 e. The van der Waals surface area contributed by atoms with Crippen LogP contribution in [0.5, 0.6) is 0 Å². The van der Waals surface area contributed by atoms with E-state index in [2.05, 4.69) is 293 Å². The van der Waals surface area contributed by atoms with Gasteiger partial charge in [-0.1, -0.05) is 218 Å². The van der Waals surface area contributed by atoms with Crippen molar-refractivity contribution in [1.82, 2.24) is 24.5 Å². The number of nitrogens with zero attached hydrogens (tertiary/aromatic N) is 5. The lowest BCUT2D eigenvalue weighted by molar-refractivity contribution is -0.0404. The van der Waals surface area contributed by atoms with E-state index in [1.54, 1.807) is 6.04 Å². The van der Waals surface area contributed by atoms with Crippen molar-refractivity contribution in [2.45, 2.75) is 440 Å². The standard InChI is InChI=1S/C13H29NSi.C12H27NSi.2C11H25NSi.C11H24O2Si.C11H24OSi.C10H20F2Si.C9H19F2NSi/c1-7-15(8-2)9-13(11(3)4)14(10-15)12(5)6;1-10(2)12-9-14(5,6)8-7-13(12)11(3)4;2*1-9(2)11-7-13(5,6)8-12(11)10(3)4;1-8(2)10-7-12-14(5,6)13-11(10)9(3)4;1-8(2)10-7-13(5,6)12-11(10)9(3)4;1-7(2)9-5-13(11,12)6-10(9)8(3)4;1-7(2)9-5-13(10,11)6-12(9)8(3)4/h11-13H,7-10H2,1-6H3;10-12H,7-9H2,1-6H3;2*9-11H,7-8H2,1-6H3;8-11H,7H2,1-6H3;8-11H,7H2,1-6H3;7-10H,5-6H2,1-4H3;7-9H,5-6H2,1-4H3. The van der Waals surface area contributed by atoms with E-state index >= 15 is 0 Å². The van der Waals surface area contributed by atoms with Gasteiger partial charge in [-0.05, 0) is 240 Å². The van der Waals surface area contributed by atoms with Gasteiger partial charge >= 0.3 is 26.0 Å². The topological polar surface area (TPSA) is 43.9 Å². The summed E-state index contributed by atoms with van der Waals surface area (Å²) in [7, 11) is -14.2. The van der Waals surface area contributed by atoms with E-state index in [0.717, 1.165) is 90.4 Å². The molecule has 0 spiro atoms. The number of rotatable bonds is 18. The van der Waals surface area contributed by atoms with Crippen molar-refractivity contribution in [1.29, 1.82) is 0 Å². The highest BCUT2D eigenvalue weighted by Crippen LogP contribution is 2.49. The molecule has 0 saturated carbocycles. The van der Waals surface area contributed by atoms with Crippen molar-refractivity contribution in [3.8, 4) is 0 Å². The first-order valence-electron chi connectivity index (χ1n) is 45.3. The number of halogens is 4. The Bertz CT molecular complexity index is 2080. The Morgan fingerprint density at radius 2 is 0.602 bits per heavy atom. The van der Waals surface area contributed by atoms with Crippen LogP contribution >= 0.6 is 0 Å². The molecule has 0 aromatic heterocycles. The molecule has 11 unspecified atom stereocenters. The Morgan fingerprint density at radius 3 is 0.889 bits per heavy atom. The first-order valence-corrected chi connectivity index (χ1v) is 68.7. The highest BCUT2D eigenvalue weighted by molar-refractivity contribution is 6.81. The Labute approximate surface area is 682 Å². The molecule has 8 nitrogen and oxygen atoms in total. The van der Waals surface area contributed by atoms with E-state index in [1.165, 1.54) is 67.4 Å². The SMILES string of the molecule is CC(C)C1CO[Si](C)(C)OC1C(C)C.CC(C)C1C[Si](C)(C)CCN1C(C)C.CC(C)C1C[Si](C)(C)CN1C(C)C.CC(C)C1C[Si](C)(C)CN1C(C)C.CC(C)C1C[Si](C)(C)OC1C(C)C.CC(C)C1C[Si](F)(F)CC1C(C)C.CC(C)C1C[Si](F)(F)CN1C(C)C.CC[Si]1(CC)CC(C(C)C)N(C(C)C)C1. The van der Waals surface area contributed by atoms with Gasteiger partial charge in [-0.3, -0.25) is 26.2 Å². The summed E-state index contributed by atoms with van der Waals surface area (Å²) in [5.74, 6) is 9.15. The van der Waals surface area contributed by atoms with Gasteiger partial charge in [0.2, 0.25) is 0 Å².